The van der Waals surface area contributed by atoms with Gasteiger partial charge in [-0.25, -0.2) is 8.42 Å². The number of sulfonamides is 1. The van der Waals surface area contributed by atoms with Gasteiger partial charge in [-0.15, -0.1) is 0 Å². The van der Waals surface area contributed by atoms with Gasteiger partial charge in [0.25, 0.3) is 0 Å². The van der Waals surface area contributed by atoms with Gasteiger partial charge in [-0.3, -0.25) is 4.72 Å². The van der Waals surface area contributed by atoms with Crippen molar-refractivity contribution in [3.05, 3.63) is 5.28 Å². The number of nitrogens with zero attached hydrogens (tertiary/aromatic N) is 3. The standard InChI is InChI=1S/C16H32ClN5O3SSi/c1-11(2)9-12(10-25-27(7,8)16(3,4)5)18-14-19-13(17)20-15(21-14)22-26(6,23)24/h11-12H,9-10H2,1-8H3,(H2,18,19,20,21,22). The van der Waals surface area contributed by atoms with E-state index < -0.39 is 18.3 Å². The van der Waals surface area contributed by atoms with Crippen molar-refractivity contribution in [2.45, 2.75) is 65.2 Å². The highest BCUT2D eigenvalue weighted by molar-refractivity contribution is 7.91. The Hall–Kier alpha value is -0.973. The zero-order chi connectivity index (χ0) is 21.0. The van der Waals surface area contributed by atoms with Crippen LogP contribution in [0.15, 0.2) is 0 Å². The molecule has 0 aliphatic rings. The van der Waals surface area contributed by atoms with Gasteiger partial charge in [-0.05, 0) is 42.1 Å². The Morgan fingerprint density at radius 3 is 2.19 bits per heavy atom. The second-order valence-electron chi connectivity index (χ2n) is 8.67. The zero-order valence-electron chi connectivity index (χ0n) is 17.4. The minimum atomic E-state index is -3.51. The van der Waals surface area contributed by atoms with Crippen LogP contribution in [-0.4, -0.2) is 50.6 Å². The van der Waals surface area contributed by atoms with Gasteiger partial charge in [0.2, 0.25) is 27.2 Å². The minimum absolute atomic E-state index is 0.0383. The van der Waals surface area contributed by atoms with Crippen molar-refractivity contribution >= 4 is 41.8 Å². The largest absolute Gasteiger partial charge is 0.415 e. The smallest absolute Gasteiger partial charge is 0.242 e. The molecule has 156 valence electrons. The molecular weight excluding hydrogens is 406 g/mol. The number of halogens is 1. The van der Waals surface area contributed by atoms with E-state index in [0.29, 0.717) is 12.5 Å². The van der Waals surface area contributed by atoms with Crippen molar-refractivity contribution in [2.24, 2.45) is 5.92 Å². The van der Waals surface area contributed by atoms with Gasteiger partial charge in [0.05, 0.1) is 18.9 Å². The highest BCUT2D eigenvalue weighted by Gasteiger charge is 2.37. The van der Waals surface area contributed by atoms with Crippen molar-refractivity contribution in [2.75, 3.05) is 22.9 Å². The van der Waals surface area contributed by atoms with Crippen LogP contribution in [0.5, 0.6) is 0 Å². The zero-order valence-corrected chi connectivity index (χ0v) is 20.0. The Morgan fingerprint density at radius 1 is 1.15 bits per heavy atom. The molecule has 1 unspecified atom stereocenters. The van der Waals surface area contributed by atoms with E-state index in [1.807, 2.05) is 0 Å². The highest BCUT2D eigenvalue weighted by Crippen LogP contribution is 2.36. The molecule has 8 nitrogen and oxygen atoms in total. The van der Waals surface area contributed by atoms with E-state index in [2.05, 4.69) is 72.7 Å². The lowest BCUT2D eigenvalue weighted by molar-refractivity contribution is 0.256. The molecule has 0 aliphatic heterocycles. The van der Waals surface area contributed by atoms with E-state index in [9.17, 15) is 8.42 Å². The molecule has 0 fully saturated rings. The fourth-order valence-corrected chi connectivity index (χ4v) is 3.71. The molecule has 0 spiro atoms. The molecule has 0 saturated carbocycles. The molecule has 1 aromatic rings. The number of nitrogens with one attached hydrogen (secondary N) is 2. The summed E-state index contributed by atoms with van der Waals surface area (Å²) in [6, 6.07) is -0.0383. The second-order valence-corrected chi connectivity index (χ2v) is 15.6. The average Bonchev–Trinajstić information content (AvgIpc) is 2.40. The Bertz CT molecular complexity index is 738. The number of hydrogen-bond donors (Lipinski definition) is 2. The van der Waals surface area contributed by atoms with Gasteiger partial charge in [0, 0.05) is 0 Å². The van der Waals surface area contributed by atoms with Gasteiger partial charge in [-0.1, -0.05) is 34.6 Å². The quantitative estimate of drug-likeness (QED) is 0.566. The summed E-state index contributed by atoms with van der Waals surface area (Å²) >= 11 is 5.92. The first kappa shape index (κ1) is 24.1. The number of anilines is 2. The first-order valence-electron chi connectivity index (χ1n) is 8.89. The Balaban J connectivity index is 2.97. The van der Waals surface area contributed by atoms with Gasteiger partial charge in [-0.2, -0.15) is 15.0 Å². The molecule has 2 N–H and O–H groups in total. The van der Waals surface area contributed by atoms with Crippen molar-refractivity contribution in [3.63, 3.8) is 0 Å². The molecule has 27 heavy (non-hydrogen) atoms. The summed E-state index contributed by atoms with van der Waals surface area (Å²) in [5.41, 5.74) is 0. The van der Waals surface area contributed by atoms with Crippen LogP contribution in [0.2, 0.25) is 23.4 Å². The van der Waals surface area contributed by atoms with Crippen molar-refractivity contribution in [1.29, 1.82) is 0 Å². The molecule has 0 bridgehead atoms. The molecule has 1 heterocycles. The monoisotopic (exact) mass is 437 g/mol. The predicted molar refractivity (Wildman–Crippen MR) is 113 cm³/mol. The van der Waals surface area contributed by atoms with Gasteiger partial charge in [0.15, 0.2) is 8.32 Å². The Kier molecular flexibility index (Phi) is 8.04. The SMILES string of the molecule is CC(C)CC(CO[Si](C)(C)C(C)(C)C)Nc1nc(Cl)nc(NS(C)(=O)=O)n1. The third kappa shape index (κ3) is 8.71. The third-order valence-electron chi connectivity index (χ3n) is 4.43. The summed E-state index contributed by atoms with van der Waals surface area (Å²) in [6.07, 6.45) is 1.86. The lowest BCUT2D eigenvalue weighted by Crippen LogP contribution is -2.44. The number of rotatable bonds is 9. The van der Waals surface area contributed by atoms with E-state index in [1.165, 1.54) is 0 Å². The normalized spacial score (nSPS) is 14.3. The third-order valence-corrected chi connectivity index (χ3v) is 9.65. The molecule has 0 aliphatic carbocycles. The molecule has 0 amide bonds. The fraction of sp³-hybridized carbons (Fsp3) is 0.812. The number of aromatic nitrogens is 3. The van der Waals surface area contributed by atoms with E-state index in [0.717, 1.165) is 12.7 Å². The highest BCUT2D eigenvalue weighted by atomic mass is 35.5. The molecule has 11 heteroatoms. The maximum absolute atomic E-state index is 11.4. The van der Waals surface area contributed by atoms with Crippen LogP contribution in [0.1, 0.15) is 41.0 Å². The van der Waals surface area contributed by atoms with Crippen LogP contribution in [-0.2, 0) is 14.4 Å². The molecule has 1 atom stereocenters. The molecule has 1 aromatic heterocycles. The molecule has 0 radical (unpaired) electrons. The Morgan fingerprint density at radius 2 is 1.70 bits per heavy atom. The van der Waals surface area contributed by atoms with Crippen LogP contribution in [0.3, 0.4) is 0 Å². The summed E-state index contributed by atoms with van der Waals surface area (Å²) < 4.78 is 31.4. The summed E-state index contributed by atoms with van der Waals surface area (Å²) in [5.74, 6) is 0.524. The van der Waals surface area contributed by atoms with Gasteiger partial charge in [0.1, 0.15) is 0 Å². The lowest BCUT2D eigenvalue weighted by Gasteiger charge is -2.37. The maximum Gasteiger partial charge on any atom is 0.242 e. The van der Waals surface area contributed by atoms with Crippen molar-refractivity contribution in [3.8, 4) is 0 Å². The van der Waals surface area contributed by atoms with Crippen LogP contribution in [0, 0.1) is 5.92 Å². The first-order valence-corrected chi connectivity index (χ1v) is 14.1. The fourth-order valence-electron chi connectivity index (χ4n) is 2.07. The second kappa shape index (κ2) is 9.02. The van der Waals surface area contributed by atoms with Crippen LogP contribution in [0.4, 0.5) is 11.9 Å². The van der Waals surface area contributed by atoms with Crippen LogP contribution < -0.4 is 10.0 Å². The van der Waals surface area contributed by atoms with E-state index >= 15 is 0 Å². The maximum atomic E-state index is 11.4. The van der Waals surface area contributed by atoms with E-state index in [4.69, 9.17) is 16.0 Å². The van der Waals surface area contributed by atoms with Gasteiger partial charge < -0.3 is 9.74 Å². The van der Waals surface area contributed by atoms with E-state index in [-0.39, 0.29) is 28.3 Å². The summed E-state index contributed by atoms with van der Waals surface area (Å²) in [4.78, 5) is 12.0. The molecule has 1 rings (SSSR count). The van der Waals surface area contributed by atoms with Crippen molar-refractivity contribution < 1.29 is 12.8 Å². The predicted octanol–water partition coefficient (Wildman–Crippen LogP) is 3.74. The average molecular weight is 438 g/mol. The molecule has 0 saturated heterocycles. The summed E-state index contributed by atoms with van der Waals surface area (Å²) in [7, 11) is -5.41. The van der Waals surface area contributed by atoms with Gasteiger partial charge >= 0.3 is 0 Å². The van der Waals surface area contributed by atoms with Crippen LogP contribution >= 0.6 is 11.6 Å². The van der Waals surface area contributed by atoms with E-state index in [1.54, 1.807) is 0 Å². The van der Waals surface area contributed by atoms with Crippen LogP contribution in [0.25, 0.3) is 0 Å². The summed E-state index contributed by atoms with van der Waals surface area (Å²) in [5, 5.41) is 3.24. The first-order chi connectivity index (χ1) is 12.1. The minimum Gasteiger partial charge on any atom is -0.415 e. The van der Waals surface area contributed by atoms with Crippen molar-refractivity contribution in [1.82, 2.24) is 15.0 Å². The lowest BCUT2D eigenvalue weighted by atomic mass is 10.0. The molecular formula is C16H32ClN5O3SSi. The molecule has 0 aromatic carbocycles. The Labute approximate surface area is 169 Å². The summed E-state index contributed by atoms with van der Waals surface area (Å²) in [6.45, 7) is 15.7. The number of hydrogen-bond acceptors (Lipinski definition) is 7. The topological polar surface area (TPSA) is 106 Å².